The Hall–Kier alpha value is -1.86. The zero-order valence-electron chi connectivity index (χ0n) is 8.22. The van der Waals surface area contributed by atoms with Gasteiger partial charge in [-0.25, -0.2) is 4.98 Å². The fourth-order valence-corrected chi connectivity index (χ4v) is 1.42. The van der Waals surface area contributed by atoms with Gasteiger partial charge in [0.2, 0.25) is 5.88 Å². The number of halogens is 1. The number of hydrogen-bond donors (Lipinski definition) is 0. The van der Waals surface area contributed by atoms with Gasteiger partial charge in [-0.1, -0.05) is 12.1 Å². The minimum Gasteiger partial charge on any atom is -0.438 e. The van der Waals surface area contributed by atoms with Crippen LogP contribution in [0.3, 0.4) is 0 Å². The predicted octanol–water partition coefficient (Wildman–Crippen LogP) is 3.51. The molecule has 0 aliphatic rings. The minimum absolute atomic E-state index is 0.464. The normalized spacial score (nSPS) is 9.50. The second-order valence-electron chi connectivity index (χ2n) is 3.02. The standard InChI is InChI=1S/C12H7BrN2O/c13-10-5-6-12(15-8-10)16-11-4-2-1-3-9(11)7-14/h1-6,8H. The Morgan fingerprint density at radius 2 is 2.00 bits per heavy atom. The van der Waals surface area contributed by atoms with Crippen LogP contribution in [0.25, 0.3) is 0 Å². The molecule has 0 atom stereocenters. The lowest BCUT2D eigenvalue weighted by Crippen LogP contribution is -1.89. The molecule has 0 aliphatic heterocycles. The summed E-state index contributed by atoms with van der Waals surface area (Å²) < 4.78 is 6.38. The highest BCUT2D eigenvalue weighted by molar-refractivity contribution is 9.10. The number of rotatable bonds is 2. The highest BCUT2D eigenvalue weighted by atomic mass is 79.9. The van der Waals surface area contributed by atoms with Crippen molar-refractivity contribution in [1.29, 1.82) is 5.26 Å². The summed E-state index contributed by atoms with van der Waals surface area (Å²) in [5, 5.41) is 8.88. The third kappa shape index (κ3) is 2.38. The van der Waals surface area contributed by atoms with Crippen molar-refractivity contribution in [3.8, 4) is 17.7 Å². The van der Waals surface area contributed by atoms with Crippen LogP contribution in [-0.4, -0.2) is 4.98 Å². The topological polar surface area (TPSA) is 45.9 Å². The summed E-state index contributed by atoms with van der Waals surface area (Å²) in [7, 11) is 0. The number of nitriles is 1. The lowest BCUT2D eigenvalue weighted by Gasteiger charge is -2.05. The van der Waals surface area contributed by atoms with E-state index in [0.717, 1.165) is 4.47 Å². The molecule has 0 saturated heterocycles. The molecular formula is C12H7BrN2O. The summed E-state index contributed by atoms with van der Waals surface area (Å²) in [5.74, 6) is 0.978. The van der Waals surface area contributed by atoms with Crippen LogP contribution in [0, 0.1) is 11.3 Å². The predicted molar refractivity (Wildman–Crippen MR) is 63.2 cm³/mol. The van der Waals surface area contributed by atoms with Crippen LogP contribution in [0.15, 0.2) is 47.1 Å². The van der Waals surface area contributed by atoms with Gasteiger partial charge in [0.15, 0.2) is 0 Å². The molecule has 0 N–H and O–H groups in total. The molecule has 0 radical (unpaired) electrons. The van der Waals surface area contributed by atoms with E-state index in [4.69, 9.17) is 10.00 Å². The first-order chi connectivity index (χ1) is 7.79. The number of hydrogen-bond acceptors (Lipinski definition) is 3. The van der Waals surface area contributed by atoms with Gasteiger partial charge in [0, 0.05) is 16.7 Å². The quantitative estimate of drug-likeness (QED) is 0.842. The number of aromatic nitrogens is 1. The SMILES string of the molecule is N#Cc1ccccc1Oc1ccc(Br)cn1. The average Bonchev–Trinajstić information content (AvgIpc) is 2.33. The van der Waals surface area contributed by atoms with E-state index in [1.165, 1.54) is 0 Å². The van der Waals surface area contributed by atoms with Crippen LogP contribution in [0.4, 0.5) is 0 Å². The Balaban J connectivity index is 2.27. The van der Waals surface area contributed by atoms with Crippen molar-refractivity contribution < 1.29 is 4.74 Å². The molecule has 1 aromatic carbocycles. The maximum absolute atomic E-state index is 8.88. The molecule has 1 heterocycles. The molecule has 78 valence electrons. The first-order valence-corrected chi connectivity index (χ1v) is 5.37. The minimum atomic E-state index is 0.464. The lowest BCUT2D eigenvalue weighted by atomic mass is 10.2. The molecule has 2 aromatic rings. The highest BCUT2D eigenvalue weighted by Gasteiger charge is 2.03. The smallest absolute Gasteiger partial charge is 0.219 e. The van der Waals surface area contributed by atoms with E-state index in [-0.39, 0.29) is 0 Å². The van der Waals surface area contributed by atoms with Crippen LogP contribution in [0.2, 0.25) is 0 Å². The van der Waals surface area contributed by atoms with Gasteiger partial charge in [0.25, 0.3) is 0 Å². The Bertz CT molecular complexity index is 531. The van der Waals surface area contributed by atoms with E-state index in [2.05, 4.69) is 27.0 Å². The van der Waals surface area contributed by atoms with Gasteiger partial charge in [0.05, 0.1) is 5.56 Å². The summed E-state index contributed by atoms with van der Waals surface area (Å²) in [6.07, 6.45) is 1.64. The van der Waals surface area contributed by atoms with Gasteiger partial charge >= 0.3 is 0 Å². The summed E-state index contributed by atoms with van der Waals surface area (Å²) in [5.41, 5.74) is 0.493. The van der Waals surface area contributed by atoms with Crippen molar-refractivity contribution in [3.63, 3.8) is 0 Å². The molecule has 4 heteroatoms. The zero-order chi connectivity index (χ0) is 11.4. The first kappa shape index (κ1) is 10.7. The Kier molecular flexibility index (Phi) is 3.18. The molecule has 0 amide bonds. The van der Waals surface area contributed by atoms with Gasteiger partial charge in [0.1, 0.15) is 11.8 Å². The van der Waals surface area contributed by atoms with Gasteiger partial charge in [-0.05, 0) is 34.1 Å². The van der Waals surface area contributed by atoms with E-state index in [1.807, 2.05) is 12.1 Å². The van der Waals surface area contributed by atoms with Crippen LogP contribution < -0.4 is 4.74 Å². The van der Waals surface area contributed by atoms with E-state index in [9.17, 15) is 0 Å². The second kappa shape index (κ2) is 4.77. The summed E-state index contributed by atoms with van der Waals surface area (Å²) in [4.78, 5) is 4.07. The number of pyridine rings is 1. The second-order valence-corrected chi connectivity index (χ2v) is 3.94. The molecular weight excluding hydrogens is 268 g/mol. The molecule has 0 bridgehead atoms. The Morgan fingerprint density at radius 3 is 2.69 bits per heavy atom. The van der Waals surface area contributed by atoms with E-state index in [1.54, 1.807) is 30.5 Å². The van der Waals surface area contributed by atoms with Crippen molar-refractivity contribution in [1.82, 2.24) is 4.98 Å². The number of ether oxygens (including phenoxy) is 1. The van der Waals surface area contributed by atoms with Crippen LogP contribution in [-0.2, 0) is 0 Å². The zero-order valence-corrected chi connectivity index (χ0v) is 9.81. The average molecular weight is 275 g/mol. The fourth-order valence-electron chi connectivity index (χ4n) is 1.18. The first-order valence-electron chi connectivity index (χ1n) is 4.58. The maximum Gasteiger partial charge on any atom is 0.219 e. The van der Waals surface area contributed by atoms with Gasteiger partial charge in [-0.15, -0.1) is 0 Å². The van der Waals surface area contributed by atoms with Crippen molar-refractivity contribution in [3.05, 3.63) is 52.6 Å². The van der Waals surface area contributed by atoms with Crippen molar-refractivity contribution in [2.45, 2.75) is 0 Å². The van der Waals surface area contributed by atoms with Crippen molar-refractivity contribution in [2.24, 2.45) is 0 Å². The van der Waals surface area contributed by atoms with E-state index < -0.39 is 0 Å². The summed E-state index contributed by atoms with van der Waals surface area (Å²) >= 11 is 3.29. The highest BCUT2D eigenvalue weighted by Crippen LogP contribution is 2.23. The third-order valence-corrected chi connectivity index (χ3v) is 2.39. The molecule has 16 heavy (non-hydrogen) atoms. The number of para-hydroxylation sites is 1. The Morgan fingerprint density at radius 1 is 1.19 bits per heavy atom. The molecule has 0 aliphatic carbocycles. The van der Waals surface area contributed by atoms with Gasteiger partial charge in [-0.3, -0.25) is 0 Å². The van der Waals surface area contributed by atoms with Crippen LogP contribution >= 0.6 is 15.9 Å². The summed E-state index contributed by atoms with van der Waals surface area (Å²) in [6, 6.07) is 12.7. The lowest BCUT2D eigenvalue weighted by molar-refractivity contribution is 0.461. The van der Waals surface area contributed by atoms with Crippen LogP contribution in [0.5, 0.6) is 11.6 Å². The largest absolute Gasteiger partial charge is 0.438 e. The molecule has 0 saturated carbocycles. The van der Waals surface area contributed by atoms with Crippen molar-refractivity contribution in [2.75, 3.05) is 0 Å². The van der Waals surface area contributed by atoms with Crippen molar-refractivity contribution >= 4 is 15.9 Å². The fraction of sp³-hybridized carbons (Fsp3) is 0. The molecule has 0 spiro atoms. The third-order valence-electron chi connectivity index (χ3n) is 1.92. The molecule has 2 rings (SSSR count). The van der Waals surface area contributed by atoms with Crippen LogP contribution in [0.1, 0.15) is 5.56 Å². The summed E-state index contributed by atoms with van der Waals surface area (Å²) in [6.45, 7) is 0. The molecule has 0 unspecified atom stereocenters. The molecule has 0 fully saturated rings. The Labute approximate surface area is 101 Å². The maximum atomic E-state index is 8.88. The monoisotopic (exact) mass is 274 g/mol. The van der Waals surface area contributed by atoms with E-state index in [0.29, 0.717) is 17.2 Å². The van der Waals surface area contributed by atoms with E-state index >= 15 is 0 Å². The molecule has 3 nitrogen and oxygen atoms in total. The van der Waals surface area contributed by atoms with Gasteiger partial charge in [-0.2, -0.15) is 5.26 Å². The number of benzene rings is 1. The van der Waals surface area contributed by atoms with Gasteiger partial charge < -0.3 is 4.74 Å². The number of nitrogens with zero attached hydrogens (tertiary/aromatic N) is 2. The molecule has 1 aromatic heterocycles.